The van der Waals surface area contributed by atoms with Gasteiger partial charge in [0, 0.05) is 0 Å². The van der Waals surface area contributed by atoms with Crippen molar-refractivity contribution in [2.45, 2.75) is 94.6 Å². The summed E-state index contributed by atoms with van der Waals surface area (Å²) in [5.41, 5.74) is 9.86. The lowest BCUT2D eigenvalue weighted by Gasteiger charge is -2.06. The van der Waals surface area contributed by atoms with E-state index < -0.39 is 6.10 Å². The molecule has 0 fully saturated rings. The molecule has 0 rings (SSSR count). The third-order valence-electron chi connectivity index (χ3n) is 5.89. The van der Waals surface area contributed by atoms with Gasteiger partial charge in [0.25, 0.3) is 0 Å². The Morgan fingerprint density at radius 2 is 0.878 bits per heavy atom. The normalized spacial score (nSPS) is 15.8. The second kappa shape index (κ2) is 23.3. The first-order valence-corrected chi connectivity index (χ1v) is 14.7. The van der Waals surface area contributed by atoms with Crippen LogP contribution in [0.3, 0.4) is 0 Å². The molecular weight excluding hydrogens is 496 g/mol. The summed E-state index contributed by atoms with van der Waals surface area (Å²) in [5, 5.41) is 10.0. The van der Waals surface area contributed by atoms with Gasteiger partial charge in [0.15, 0.2) is 0 Å². The van der Waals surface area contributed by atoms with Crippen LogP contribution in [0.4, 0.5) is 0 Å². The van der Waals surface area contributed by atoms with Gasteiger partial charge in [-0.3, -0.25) is 0 Å². The van der Waals surface area contributed by atoms with Crippen molar-refractivity contribution in [1.29, 1.82) is 0 Å². The summed E-state index contributed by atoms with van der Waals surface area (Å²) in [6, 6.07) is 0. The number of aliphatic hydroxyl groups is 1. The van der Waals surface area contributed by atoms with E-state index in [0.717, 1.165) is 24.0 Å². The first-order chi connectivity index (χ1) is 19.4. The first kappa shape index (κ1) is 37.6. The van der Waals surface area contributed by atoms with Crippen LogP contribution in [0.2, 0.25) is 0 Å². The maximum Gasteiger partial charge on any atom is 0.0760 e. The van der Waals surface area contributed by atoms with Crippen molar-refractivity contribution in [3.05, 3.63) is 154 Å². The lowest BCUT2D eigenvalue weighted by molar-refractivity contribution is 0.223. The summed E-state index contributed by atoms with van der Waals surface area (Å²) >= 11 is 0. The Balaban J connectivity index is 4.75. The van der Waals surface area contributed by atoms with Gasteiger partial charge in [-0.2, -0.15) is 0 Å². The summed E-state index contributed by atoms with van der Waals surface area (Å²) < 4.78 is 0. The Morgan fingerprint density at radius 3 is 1.29 bits per heavy atom. The summed E-state index contributed by atoms with van der Waals surface area (Å²) in [7, 11) is 0. The van der Waals surface area contributed by atoms with Crippen LogP contribution in [0.5, 0.6) is 0 Å². The highest BCUT2D eigenvalue weighted by Gasteiger charge is 2.00. The van der Waals surface area contributed by atoms with Gasteiger partial charge in [0.1, 0.15) is 0 Å². The minimum Gasteiger partial charge on any atom is -0.389 e. The van der Waals surface area contributed by atoms with E-state index in [0.29, 0.717) is 6.42 Å². The lowest BCUT2D eigenvalue weighted by atomic mass is 10.1. The van der Waals surface area contributed by atoms with E-state index in [-0.39, 0.29) is 0 Å². The van der Waals surface area contributed by atoms with Crippen LogP contribution >= 0.6 is 0 Å². The fraction of sp³-hybridized carbons (Fsp3) is 0.350. The Labute approximate surface area is 253 Å². The fourth-order valence-corrected chi connectivity index (χ4v) is 3.58. The van der Waals surface area contributed by atoms with Crippen molar-refractivity contribution in [3.8, 4) is 0 Å². The Hall–Kier alpha value is -3.42. The first-order valence-electron chi connectivity index (χ1n) is 14.7. The molecule has 0 amide bonds. The standard InChI is InChI=1S/C40H56O/c1-32(2)18-13-21-36(7)24-16-27-37(8)25-14-22-34(5)19-11-12-20-35(6)23-15-26-38(9)28-17-29-39(10)31-40(41)30-33(3)4/h11-12,14-20,22-30,40-41H,13,21,31H2,1-10H3/b12-11+,22-14+,23-15+,27-16+,28-17+,34-19+,35-20+,36-24+,37-25+,38-26+,39-29+. The van der Waals surface area contributed by atoms with Crippen LogP contribution in [0, 0.1) is 0 Å². The van der Waals surface area contributed by atoms with Gasteiger partial charge in [-0.1, -0.05) is 154 Å². The van der Waals surface area contributed by atoms with Crippen LogP contribution in [0.1, 0.15) is 88.5 Å². The average molecular weight is 553 g/mol. The van der Waals surface area contributed by atoms with Gasteiger partial charge < -0.3 is 5.11 Å². The van der Waals surface area contributed by atoms with E-state index in [1.165, 1.54) is 33.4 Å². The summed E-state index contributed by atoms with van der Waals surface area (Å²) in [6.45, 7) is 21.0. The highest BCUT2D eigenvalue weighted by molar-refractivity contribution is 5.32. The molecule has 0 aliphatic rings. The van der Waals surface area contributed by atoms with Crippen molar-refractivity contribution >= 4 is 0 Å². The van der Waals surface area contributed by atoms with E-state index in [1.54, 1.807) is 0 Å². The zero-order valence-corrected chi connectivity index (χ0v) is 27.5. The van der Waals surface area contributed by atoms with E-state index >= 15 is 0 Å². The molecule has 0 radical (unpaired) electrons. The van der Waals surface area contributed by atoms with Gasteiger partial charge in [-0.05, 0) is 88.5 Å². The van der Waals surface area contributed by atoms with Crippen LogP contribution in [-0.4, -0.2) is 11.2 Å². The maximum absolute atomic E-state index is 10.0. The molecule has 1 nitrogen and oxygen atoms in total. The molecule has 1 N–H and O–H groups in total. The molecule has 0 aliphatic carbocycles. The van der Waals surface area contributed by atoms with Gasteiger partial charge >= 0.3 is 0 Å². The van der Waals surface area contributed by atoms with E-state index in [9.17, 15) is 5.11 Å². The minimum atomic E-state index is -0.414. The molecule has 0 spiro atoms. The van der Waals surface area contributed by atoms with E-state index in [4.69, 9.17) is 0 Å². The predicted octanol–water partition coefficient (Wildman–Crippen LogP) is 11.9. The number of hydrogen-bond acceptors (Lipinski definition) is 1. The predicted molar refractivity (Wildman–Crippen MR) is 187 cm³/mol. The maximum atomic E-state index is 10.0. The fourth-order valence-electron chi connectivity index (χ4n) is 3.58. The smallest absolute Gasteiger partial charge is 0.0760 e. The van der Waals surface area contributed by atoms with Crippen LogP contribution in [0.25, 0.3) is 0 Å². The molecule has 0 aromatic heterocycles. The Bertz CT molecular complexity index is 1180. The highest BCUT2D eigenvalue weighted by Crippen LogP contribution is 2.09. The molecule has 0 aromatic carbocycles. The van der Waals surface area contributed by atoms with Crippen LogP contribution in [-0.2, 0) is 0 Å². The van der Waals surface area contributed by atoms with Crippen molar-refractivity contribution in [1.82, 2.24) is 0 Å². The molecular formula is C40H56O. The number of aliphatic hydroxyl groups excluding tert-OH is 1. The molecule has 1 unspecified atom stereocenters. The number of hydrogen-bond donors (Lipinski definition) is 1. The molecule has 222 valence electrons. The van der Waals surface area contributed by atoms with E-state index in [2.05, 4.69) is 146 Å². The molecule has 41 heavy (non-hydrogen) atoms. The topological polar surface area (TPSA) is 20.2 Å². The second-order valence-corrected chi connectivity index (χ2v) is 11.3. The third kappa shape index (κ3) is 25.3. The largest absolute Gasteiger partial charge is 0.389 e. The van der Waals surface area contributed by atoms with Crippen molar-refractivity contribution < 1.29 is 5.11 Å². The van der Waals surface area contributed by atoms with Gasteiger partial charge in [0.2, 0.25) is 0 Å². The number of allylic oxidation sites excluding steroid dienone is 24. The zero-order chi connectivity index (χ0) is 31.0. The van der Waals surface area contributed by atoms with Crippen LogP contribution < -0.4 is 0 Å². The Kier molecular flexibility index (Phi) is 21.4. The average Bonchev–Trinajstić information content (AvgIpc) is 2.85. The van der Waals surface area contributed by atoms with Gasteiger partial charge in [-0.15, -0.1) is 0 Å². The molecule has 0 aromatic rings. The van der Waals surface area contributed by atoms with Crippen molar-refractivity contribution in [2.75, 3.05) is 0 Å². The van der Waals surface area contributed by atoms with E-state index in [1.807, 2.05) is 32.9 Å². The Morgan fingerprint density at radius 1 is 0.488 bits per heavy atom. The second-order valence-electron chi connectivity index (χ2n) is 11.3. The SMILES string of the molecule is CC(C)=CCC/C(C)=C/C=C/C(C)=C/C=C/C(C)=C/C=C/C=C(C)/C=C/C=C(C)/C=C/C=C(\C)CC(O)C=C(C)C. The highest BCUT2D eigenvalue weighted by atomic mass is 16.3. The van der Waals surface area contributed by atoms with Crippen LogP contribution in [0.15, 0.2) is 154 Å². The minimum absolute atomic E-state index is 0.414. The summed E-state index contributed by atoms with van der Waals surface area (Å²) in [6.07, 6.45) is 40.3. The summed E-state index contributed by atoms with van der Waals surface area (Å²) in [5.74, 6) is 0. The van der Waals surface area contributed by atoms with Crippen molar-refractivity contribution in [2.24, 2.45) is 0 Å². The molecule has 0 heterocycles. The third-order valence-corrected chi connectivity index (χ3v) is 5.89. The lowest BCUT2D eigenvalue weighted by Crippen LogP contribution is -2.02. The summed E-state index contributed by atoms with van der Waals surface area (Å²) in [4.78, 5) is 0. The quantitative estimate of drug-likeness (QED) is 0.149. The number of rotatable bonds is 16. The molecule has 1 atom stereocenters. The molecule has 1 heteroatoms. The van der Waals surface area contributed by atoms with Gasteiger partial charge in [0.05, 0.1) is 6.10 Å². The molecule has 0 saturated heterocycles. The van der Waals surface area contributed by atoms with Gasteiger partial charge in [-0.25, -0.2) is 0 Å². The van der Waals surface area contributed by atoms with Crippen molar-refractivity contribution in [3.63, 3.8) is 0 Å². The zero-order valence-electron chi connectivity index (χ0n) is 27.5. The molecule has 0 bridgehead atoms. The monoisotopic (exact) mass is 552 g/mol. The molecule has 0 aliphatic heterocycles. The molecule has 0 saturated carbocycles.